The van der Waals surface area contributed by atoms with Crippen LogP contribution in [0.4, 0.5) is 0 Å². The molecule has 20 heavy (non-hydrogen) atoms. The Balaban J connectivity index is 1.64. The summed E-state index contributed by atoms with van der Waals surface area (Å²) in [6.07, 6.45) is 3.27. The molecule has 1 aromatic carbocycles. The van der Waals surface area contributed by atoms with Gasteiger partial charge in [0.1, 0.15) is 5.82 Å². The van der Waals surface area contributed by atoms with Crippen LogP contribution >= 0.6 is 0 Å². The van der Waals surface area contributed by atoms with Crippen molar-refractivity contribution in [1.82, 2.24) is 14.5 Å². The summed E-state index contributed by atoms with van der Waals surface area (Å²) in [5.74, 6) is 1.04. The van der Waals surface area contributed by atoms with E-state index in [4.69, 9.17) is 5.26 Å². The highest BCUT2D eigenvalue weighted by atomic mass is 16.3. The number of aromatic nitrogens is 2. The van der Waals surface area contributed by atoms with Gasteiger partial charge >= 0.3 is 0 Å². The van der Waals surface area contributed by atoms with Crippen molar-refractivity contribution in [2.75, 3.05) is 13.1 Å². The molecule has 1 aromatic heterocycles. The zero-order valence-electron chi connectivity index (χ0n) is 11.1. The maximum atomic E-state index is 10.3. The van der Waals surface area contributed by atoms with Crippen molar-refractivity contribution in [3.63, 3.8) is 0 Å². The highest BCUT2D eigenvalue weighted by Gasteiger charge is 2.19. The molecule has 3 rings (SSSR count). The number of fused-ring (bicyclic) bond motifs is 1. The van der Waals surface area contributed by atoms with Gasteiger partial charge in [-0.2, -0.15) is 5.26 Å². The summed E-state index contributed by atoms with van der Waals surface area (Å²) in [5, 5.41) is 19.1. The van der Waals surface area contributed by atoms with Crippen LogP contribution in [0.15, 0.2) is 36.7 Å². The number of imidazole rings is 1. The predicted molar refractivity (Wildman–Crippen MR) is 73.6 cm³/mol. The average molecular weight is 268 g/mol. The van der Waals surface area contributed by atoms with Crippen LogP contribution in [0.2, 0.25) is 0 Å². The first-order valence-corrected chi connectivity index (χ1v) is 6.67. The van der Waals surface area contributed by atoms with E-state index in [0.29, 0.717) is 12.1 Å². The topological polar surface area (TPSA) is 65.1 Å². The van der Waals surface area contributed by atoms with E-state index in [-0.39, 0.29) is 0 Å². The van der Waals surface area contributed by atoms with Gasteiger partial charge in [0.15, 0.2) is 0 Å². The first kappa shape index (κ1) is 12.9. The molecule has 0 spiro atoms. The normalized spacial score (nSPS) is 16.4. The lowest BCUT2D eigenvalue weighted by Gasteiger charge is -2.29. The summed E-state index contributed by atoms with van der Waals surface area (Å²) in [6, 6.07) is 9.18. The van der Waals surface area contributed by atoms with Gasteiger partial charge in [0, 0.05) is 32.0 Å². The average Bonchev–Trinajstić information content (AvgIpc) is 2.95. The molecule has 102 valence electrons. The second kappa shape index (κ2) is 5.45. The lowest BCUT2D eigenvalue weighted by atomic mass is 10.1. The number of benzene rings is 1. The second-order valence-corrected chi connectivity index (χ2v) is 5.02. The van der Waals surface area contributed by atoms with Crippen molar-refractivity contribution >= 4 is 0 Å². The predicted octanol–water partition coefficient (Wildman–Crippen LogP) is 1.30. The lowest BCUT2D eigenvalue weighted by molar-refractivity contribution is 0.0962. The molecule has 0 radical (unpaired) electrons. The van der Waals surface area contributed by atoms with E-state index in [9.17, 15) is 5.11 Å². The van der Waals surface area contributed by atoms with Crippen molar-refractivity contribution in [1.29, 1.82) is 5.26 Å². The highest BCUT2D eigenvalue weighted by Crippen LogP contribution is 2.18. The van der Waals surface area contributed by atoms with Crippen molar-refractivity contribution < 1.29 is 5.11 Å². The number of hydrogen-bond acceptors (Lipinski definition) is 4. The summed E-state index contributed by atoms with van der Waals surface area (Å²) in [4.78, 5) is 6.51. The summed E-state index contributed by atoms with van der Waals surface area (Å²) < 4.78 is 2.14. The van der Waals surface area contributed by atoms with E-state index < -0.39 is 6.10 Å². The van der Waals surface area contributed by atoms with Gasteiger partial charge in [-0.25, -0.2) is 4.98 Å². The van der Waals surface area contributed by atoms with Crippen LogP contribution in [0, 0.1) is 11.3 Å². The Morgan fingerprint density at radius 2 is 2.10 bits per heavy atom. The van der Waals surface area contributed by atoms with Crippen LogP contribution in [0.1, 0.15) is 23.1 Å². The summed E-state index contributed by atoms with van der Waals surface area (Å²) in [5.41, 5.74) is 1.46. The number of rotatable bonds is 3. The zero-order chi connectivity index (χ0) is 13.9. The fraction of sp³-hybridized carbons (Fsp3) is 0.333. The Kier molecular flexibility index (Phi) is 3.50. The summed E-state index contributed by atoms with van der Waals surface area (Å²) in [6.45, 7) is 3.17. The van der Waals surface area contributed by atoms with E-state index in [2.05, 4.69) is 20.5 Å². The van der Waals surface area contributed by atoms with Crippen LogP contribution in [-0.4, -0.2) is 32.6 Å². The largest absolute Gasteiger partial charge is 0.387 e. The van der Waals surface area contributed by atoms with E-state index >= 15 is 0 Å². The maximum Gasteiger partial charge on any atom is 0.122 e. The minimum Gasteiger partial charge on any atom is -0.387 e. The monoisotopic (exact) mass is 268 g/mol. The van der Waals surface area contributed by atoms with Gasteiger partial charge in [-0.1, -0.05) is 12.1 Å². The zero-order valence-corrected chi connectivity index (χ0v) is 11.1. The first-order chi connectivity index (χ1) is 9.76. The van der Waals surface area contributed by atoms with Gasteiger partial charge in [0.05, 0.1) is 24.3 Å². The molecular formula is C15H16N4O. The Hall–Kier alpha value is -2.16. The molecule has 0 saturated carbocycles. The lowest BCUT2D eigenvalue weighted by Crippen LogP contribution is -2.36. The van der Waals surface area contributed by atoms with Gasteiger partial charge in [-0.3, -0.25) is 4.90 Å². The van der Waals surface area contributed by atoms with Gasteiger partial charge in [-0.05, 0) is 17.7 Å². The second-order valence-electron chi connectivity index (χ2n) is 5.02. The quantitative estimate of drug-likeness (QED) is 0.911. The number of hydrogen-bond donors (Lipinski definition) is 1. The van der Waals surface area contributed by atoms with Crippen molar-refractivity contribution in [2.45, 2.75) is 19.2 Å². The molecule has 0 amide bonds. The van der Waals surface area contributed by atoms with Gasteiger partial charge in [0.2, 0.25) is 0 Å². The molecule has 1 unspecified atom stereocenters. The first-order valence-electron chi connectivity index (χ1n) is 6.67. The molecule has 5 nitrogen and oxygen atoms in total. The molecule has 0 saturated heterocycles. The van der Waals surface area contributed by atoms with Crippen molar-refractivity contribution in [3.8, 4) is 6.07 Å². The fourth-order valence-corrected chi connectivity index (χ4v) is 2.51. The molecular weight excluding hydrogens is 252 g/mol. The minimum atomic E-state index is -0.538. The van der Waals surface area contributed by atoms with E-state index in [1.54, 1.807) is 12.1 Å². The van der Waals surface area contributed by atoms with Crippen molar-refractivity contribution in [3.05, 3.63) is 53.6 Å². The highest BCUT2D eigenvalue weighted by molar-refractivity contribution is 5.32. The SMILES string of the molecule is N#Cc1ccc(C(O)CN2CCn3ccnc3C2)cc1. The van der Waals surface area contributed by atoms with Crippen LogP contribution < -0.4 is 0 Å². The third-order valence-corrected chi connectivity index (χ3v) is 3.68. The number of β-amino-alcohol motifs (C(OH)–C–C–N with tert-alkyl or cyclic N) is 1. The fourth-order valence-electron chi connectivity index (χ4n) is 2.51. The number of nitriles is 1. The number of nitrogens with zero attached hydrogens (tertiary/aromatic N) is 4. The van der Waals surface area contributed by atoms with Crippen LogP contribution in [0.5, 0.6) is 0 Å². The van der Waals surface area contributed by atoms with Crippen LogP contribution in [0.25, 0.3) is 0 Å². The third-order valence-electron chi connectivity index (χ3n) is 3.68. The van der Waals surface area contributed by atoms with Gasteiger partial charge in [-0.15, -0.1) is 0 Å². The molecule has 5 heteroatoms. The van der Waals surface area contributed by atoms with Crippen LogP contribution in [-0.2, 0) is 13.1 Å². The van der Waals surface area contributed by atoms with Crippen LogP contribution in [0.3, 0.4) is 0 Å². The van der Waals surface area contributed by atoms with Crippen molar-refractivity contribution in [2.24, 2.45) is 0 Å². The molecule has 1 aliphatic heterocycles. The molecule has 0 aliphatic carbocycles. The van der Waals surface area contributed by atoms with E-state index in [1.807, 2.05) is 24.5 Å². The summed E-state index contributed by atoms with van der Waals surface area (Å²) >= 11 is 0. The summed E-state index contributed by atoms with van der Waals surface area (Å²) in [7, 11) is 0. The smallest absolute Gasteiger partial charge is 0.122 e. The Morgan fingerprint density at radius 3 is 2.85 bits per heavy atom. The molecule has 2 heterocycles. The molecule has 1 N–H and O–H groups in total. The minimum absolute atomic E-state index is 0.538. The third kappa shape index (κ3) is 2.57. The maximum absolute atomic E-state index is 10.3. The number of aliphatic hydroxyl groups is 1. The molecule has 1 atom stereocenters. The van der Waals surface area contributed by atoms with Gasteiger partial charge in [0.25, 0.3) is 0 Å². The van der Waals surface area contributed by atoms with E-state index in [1.165, 1.54) is 0 Å². The number of aliphatic hydroxyl groups excluding tert-OH is 1. The van der Waals surface area contributed by atoms with E-state index in [0.717, 1.165) is 31.0 Å². The standard InChI is InChI=1S/C15H16N4O/c16-9-12-1-3-13(4-2-12)14(20)10-18-7-8-19-6-5-17-15(19)11-18/h1-6,14,20H,7-8,10-11H2. The molecule has 2 aromatic rings. The Labute approximate surface area is 117 Å². The molecule has 1 aliphatic rings. The Morgan fingerprint density at radius 1 is 1.30 bits per heavy atom. The molecule has 0 bridgehead atoms. The van der Waals surface area contributed by atoms with Gasteiger partial charge < -0.3 is 9.67 Å². The Bertz CT molecular complexity index is 626. The molecule has 0 fully saturated rings.